The Morgan fingerprint density at radius 1 is 1.17 bits per heavy atom. The molecule has 1 aromatic carbocycles. The summed E-state index contributed by atoms with van der Waals surface area (Å²) in [5.41, 5.74) is 4.07. The van der Waals surface area contributed by atoms with Gasteiger partial charge in [0, 0.05) is 11.3 Å². The van der Waals surface area contributed by atoms with Crippen LogP contribution in [0.25, 0.3) is 0 Å². The summed E-state index contributed by atoms with van der Waals surface area (Å²) < 4.78 is 0. The number of amides is 1. The van der Waals surface area contributed by atoms with Crippen molar-refractivity contribution in [2.24, 2.45) is 5.10 Å². The number of phenols is 1. The molecular formula is C14H20N2O2. The number of nitrogens with one attached hydrogen (secondary N) is 1. The largest absolute Gasteiger partial charge is 0.508 e. The summed E-state index contributed by atoms with van der Waals surface area (Å²) in [6.07, 6.45) is 3.86. The summed E-state index contributed by atoms with van der Waals surface area (Å²) in [4.78, 5) is 11.8. The van der Waals surface area contributed by atoms with Crippen molar-refractivity contribution in [3.8, 4) is 5.75 Å². The van der Waals surface area contributed by atoms with Crippen molar-refractivity contribution in [1.29, 1.82) is 0 Å². The lowest BCUT2D eigenvalue weighted by Gasteiger charge is -2.05. The fraction of sp³-hybridized carbons (Fsp3) is 0.429. The van der Waals surface area contributed by atoms with Gasteiger partial charge >= 0.3 is 0 Å². The number of aromatic hydroxyl groups is 1. The molecule has 0 bridgehead atoms. The molecule has 4 heteroatoms. The lowest BCUT2D eigenvalue weighted by molar-refractivity contribution is 0.0954. The van der Waals surface area contributed by atoms with Gasteiger partial charge in [0.15, 0.2) is 0 Å². The van der Waals surface area contributed by atoms with Crippen molar-refractivity contribution in [1.82, 2.24) is 5.43 Å². The average molecular weight is 248 g/mol. The van der Waals surface area contributed by atoms with Crippen LogP contribution in [-0.2, 0) is 0 Å². The van der Waals surface area contributed by atoms with Crippen LogP contribution in [0.1, 0.15) is 49.9 Å². The molecule has 0 fully saturated rings. The van der Waals surface area contributed by atoms with Crippen molar-refractivity contribution in [2.45, 2.75) is 39.5 Å². The van der Waals surface area contributed by atoms with Gasteiger partial charge in [-0.1, -0.05) is 26.7 Å². The Balaban J connectivity index is 2.63. The topological polar surface area (TPSA) is 61.7 Å². The molecule has 0 spiro atoms. The molecule has 0 aromatic heterocycles. The highest BCUT2D eigenvalue weighted by Gasteiger charge is 2.04. The average Bonchev–Trinajstić information content (AvgIpc) is 2.37. The Bertz CT molecular complexity index is 402. The Kier molecular flexibility index (Phi) is 5.91. The molecule has 98 valence electrons. The van der Waals surface area contributed by atoms with Crippen LogP contribution in [0.2, 0.25) is 0 Å². The first-order valence-electron chi connectivity index (χ1n) is 6.32. The van der Waals surface area contributed by atoms with Crippen LogP contribution in [0.15, 0.2) is 29.4 Å². The SMILES string of the molecule is CCCC(CCC)=NNC(=O)c1ccc(O)cc1. The highest BCUT2D eigenvalue weighted by molar-refractivity contribution is 5.95. The van der Waals surface area contributed by atoms with Crippen molar-refractivity contribution in [3.05, 3.63) is 29.8 Å². The molecule has 0 aliphatic heterocycles. The molecule has 2 N–H and O–H groups in total. The summed E-state index contributed by atoms with van der Waals surface area (Å²) in [6.45, 7) is 4.18. The smallest absolute Gasteiger partial charge is 0.271 e. The first kappa shape index (κ1) is 14.2. The number of benzene rings is 1. The van der Waals surface area contributed by atoms with E-state index in [2.05, 4.69) is 24.4 Å². The molecule has 0 aliphatic rings. The Hall–Kier alpha value is -1.84. The fourth-order valence-electron chi connectivity index (χ4n) is 1.62. The van der Waals surface area contributed by atoms with Gasteiger partial charge in [0.2, 0.25) is 0 Å². The van der Waals surface area contributed by atoms with Crippen LogP contribution in [0.5, 0.6) is 5.75 Å². The predicted octanol–water partition coefficient (Wildman–Crippen LogP) is 3.08. The number of phenolic OH excluding ortho intramolecular Hbond substituents is 1. The number of carbonyl (C=O) groups is 1. The van der Waals surface area contributed by atoms with Crippen LogP contribution in [0.3, 0.4) is 0 Å². The van der Waals surface area contributed by atoms with Gasteiger partial charge in [-0.3, -0.25) is 4.79 Å². The summed E-state index contributed by atoms with van der Waals surface area (Å²) in [5.74, 6) is -0.104. The van der Waals surface area contributed by atoms with Gasteiger partial charge < -0.3 is 5.11 Å². The predicted molar refractivity (Wildman–Crippen MR) is 72.8 cm³/mol. The van der Waals surface area contributed by atoms with Crippen molar-refractivity contribution >= 4 is 11.6 Å². The normalized spacial score (nSPS) is 9.89. The maximum Gasteiger partial charge on any atom is 0.271 e. The second-order valence-electron chi connectivity index (χ2n) is 4.17. The highest BCUT2D eigenvalue weighted by atomic mass is 16.3. The minimum atomic E-state index is -0.250. The van der Waals surface area contributed by atoms with E-state index in [-0.39, 0.29) is 11.7 Å². The highest BCUT2D eigenvalue weighted by Crippen LogP contribution is 2.09. The molecule has 1 amide bonds. The number of hydrogen-bond acceptors (Lipinski definition) is 3. The Morgan fingerprint density at radius 2 is 1.72 bits per heavy atom. The molecular weight excluding hydrogens is 228 g/mol. The third-order valence-electron chi connectivity index (χ3n) is 2.52. The van der Waals surface area contributed by atoms with Gasteiger partial charge in [-0.25, -0.2) is 5.43 Å². The Labute approximate surface area is 108 Å². The molecule has 0 saturated carbocycles. The molecule has 1 rings (SSSR count). The Morgan fingerprint density at radius 3 is 2.22 bits per heavy atom. The van der Waals surface area contributed by atoms with Crippen molar-refractivity contribution in [3.63, 3.8) is 0 Å². The monoisotopic (exact) mass is 248 g/mol. The van der Waals surface area contributed by atoms with E-state index in [1.165, 1.54) is 12.1 Å². The van der Waals surface area contributed by atoms with Crippen LogP contribution in [0.4, 0.5) is 0 Å². The zero-order chi connectivity index (χ0) is 13.4. The van der Waals surface area contributed by atoms with E-state index < -0.39 is 0 Å². The second-order valence-corrected chi connectivity index (χ2v) is 4.17. The number of nitrogens with zero attached hydrogens (tertiary/aromatic N) is 1. The van der Waals surface area contributed by atoms with Crippen LogP contribution in [-0.4, -0.2) is 16.7 Å². The summed E-state index contributed by atoms with van der Waals surface area (Å²) in [6, 6.07) is 6.11. The minimum absolute atomic E-state index is 0.146. The van der Waals surface area contributed by atoms with Crippen LogP contribution >= 0.6 is 0 Å². The summed E-state index contributed by atoms with van der Waals surface area (Å²) in [5, 5.41) is 13.3. The zero-order valence-corrected chi connectivity index (χ0v) is 10.9. The molecule has 0 heterocycles. The molecule has 0 atom stereocenters. The third-order valence-corrected chi connectivity index (χ3v) is 2.52. The van der Waals surface area contributed by atoms with Crippen molar-refractivity contribution in [2.75, 3.05) is 0 Å². The lowest BCUT2D eigenvalue weighted by Crippen LogP contribution is -2.19. The van der Waals surface area contributed by atoms with E-state index in [1.54, 1.807) is 12.1 Å². The van der Waals surface area contributed by atoms with Crippen LogP contribution in [0, 0.1) is 0 Å². The van der Waals surface area contributed by atoms with Crippen LogP contribution < -0.4 is 5.43 Å². The van der Waals surface area contributed by atoms with E-state index in [4.69, 9.17) is 5.11 Å². The second kappa shape index (κ2) is 7.48. The third kappa shape index (κ3) is 4.57. The lowest BCUT2D eigenvalue weighted by atomic mass is 10.1. The van der Waals surface area contributed by atoms with Crippen molar-refractivity contribution < 1.29 is 9.90 Å². The molecule has 1 aromatic rings. The summed E-state index contributed by atoms with van der Waals surface area (Å²) in [7, 11) is 0. The van der Waals surface area contributed by atoms with Gasteiger partial charge in [0.1, 0.15) is 5.75 Å². The van der Waals surface area contributed by atoms with E-state index >= 15 is 0 Å². The molecule has 18 heavy (non-hydrogen) atoms. The fourth-order valence-corrected chi connectivity index (χ4v) is 1.62. The number of rotatable bonds is 6. The maximum atomic E-state index is 11.8. The zero-order valence-electron chi connectivity index (χ0n) is 10.9. The van der Waals surface area contributed by atoms with Gasteiger partial charge in [-0.2, -0.15) is 5.10 Å². The molecule has 0 saturated heterocycles. The van der Waals surface area contributed by atoms with E-state index in [1.807, 2.05) is 0 Å². The molecule has 0 aliphatic carbocycles. The maximum absolute atomic E-state index is 11.8. The number of carbonyl (C=O) groups excluding carboxylic acids is 1. The van der Waals surface area contributed by atoms with E-state index in [0.29, 0.717) is 5.56 Å². The first-order chi connectivity index (χ1) is 8.67. The number of hydrazone groups is 1. The first-order valence-corrected chi connectivity index (χ1v) is 6.32. The number of hydrogen-bond donors (Lipinski definition) is 2. The quantitative estimate of drug-likeness (QED) is 0.600. The van der Waals surface area contributed by atoms with E-state index in [9.17, 15) is 4.79 Å². The molecule has 0 unspecified atom stereocenters. The van der Waals surface area contributed by atoms with Gasteiger partial charge in [-0.15, -0.1) is 0 Å². The standard InChI is InChI=1S/C14H20N2O2/c1-3-5-12(6-4-2)15-16-14(18)11-7-9-13(17)10-8-11/h7-10,17H,3-6H2,1-2H3,(H,16,18). The molecule has 0 radical (unpaired) electrons. The minimum Gasteiger partial charge on any atom is -0.508 e. The molecule has 4 nitrogen and oxygen atoms in total. The van der Waals surface area contributed by atoms with E-state index in [0.717, 1.165) is 31.4 Å². The summed E-state index contributed by atoms with van der Waals surface area (Å²) >= 11 is 0. The van der Waals surface area contributed by atoms with Gasteiger partial charge in [0.05, 0.1) is 0 Å². The van der Waals surface area contributed by atoms with Gasteiger partial charge in [-0.05, 0) is 37.1 Å². The van der Waals surface area contributed by atoms with Gasteiger partial charge in [0.25, 0.3) is 5.91 Å².